The third-order valence-corrected chi connectivity index (χ3v) is 7.71. The van der Waals surface area contributed by atoms with Crippen LogP contribution < -0.4 is 16.6 Å². The number of anilines is 1. The highest BCUT2D eigenvalue weighted by Gasteiger charge is 2.38. The minimum atomic E-state index is -2.98. The number of carbonyl (C=O) groups excluding carboxylic acids is 1. The van der Waals surface area contributed by atoms with Crippen molar-refractivity contribution in [3.63, 3.8) is 0 Å². The zero-order valence-electron chi connectivity index (χ0n) is 24.6. The maximum Gasteiger partial charge on any atom is 0.266 e. The summed E-state index contributed by atoms with van der Waals surface area (Å²) in [4.78, 5) is 31.9. The van der Waals surface area contributed by atoms with Crippen molar-refractivity contribution in [1.29, 1.82) is 0 Å². The van der Waals surface area contributed by atoms with Crippen LogP contribution in [0.1, 0.15) is 81.0 Å². The Hall–Kier alpha value is -3.88. The van der Waals surface area contributed by atoms with E-state index in [1.54, 1.807) is 45.7 Å². The second-order valence-corrected chi connectivity index (χ2v) is 11.5. The zero-order chi connectivity index (χ0) is 31.1. The molecule has 3 heterocycles. The summed E-state index contributed by atoms with van der Waals surface area (Å²) in [6, 6.07) is 4.60. The maximum absolute atomic E-state index is 15.0. The van der Waals surface area contributed by atoms with E-state index in [2.05, 4.69) is 17.2 Å². The Balaban J connectivity index is 1.93. The maximum atomic E-state index is 15.0. The van der Waals surface area contributed by atoms with Crippen molar-refractivity contribution < 1.29 is 23.1 Å². The summed E-state index contributed by atoms with van der Waals surface area (Å²) >= 11 is 0. The predicted molar refractivity (Wildman–Crippen MR) is 156 cm³/mol. The van der Waals surface area contributed by atoms with E-state index in [0.717, 1.165) is 6.07 Å². The third-order valence-electron chi connectivity index (χ3n) is 7.71. The van der Waals surface area contributed by atoms with Crippen LogP contribution in [0.4, 0.5) is 19.0 Å². The number of pyridine rings is 2. The van der Waals surface area contributed by atoms with E-state index < -0.39 is 40.5 Å². The summed E-state index contributed by atoms with van der Waals surface area (Å²) in [6.45, 7) is 8.83. The Morgan fingerprint density at radius 3 is 2.43 bits per heavy atom. The molecule has 1 aliphatic rings. The minimum Gasteiger partial charge on any atom is -0.385 e. The zero-order valence-corrected chi connectivity index (χ0v) is 24.6. The Labute approximate surface area is 242 Å². The van der Waals surface area contributed by atoms with Gasteiger partial charge in [-0.05, 0) is 46.6 Å². The van der Waals surface area contributed by atoms with Gasteiger partial charge in [0.1, 0.15) is 11.6 Å². The van der Waals surface area contributed by atoms with Crippen LogP contribution in [-0.2, 0) is 17.4 Å². The largest absolute Gasteiger partial charge is 0.385 e. The van der Waals surface area contributed by atoms with Crippen LogP contribution in [0.5, 0.6) is 0 Å². The van der Waals surface area contributed by atoms with Crippen molar-refractivity contribution >= 4 is 22.6 Å². The molecule has 0 saturated carbocycles. The summed E-state index contributed by atoms with van der Waals surface area (Å²) in [6.07, 6.45) is -2.66. The van der Waals surface area contributed by atoms with Crippen LogP contribution in [0.25, 0.3) is 10.9 Å². The topological polar surface area (TPSA) is 113 Å². The van der Waals surface area contributed by atoms with Gasteiger partial charge in [-0.15, -0.1) is 0 Å². The monoisotopic (exact) mass is 583 g/mol. The van der Waals surface area contributed by atoms with Gasteiger partial charge < -0.3 is 25.6 Å². The van der Waals surface area contributed by atoms with E-state index in [4.69, 9.17) is 10.7 Å². The molecule has 42 heavy (non-hydrogen) atoms. The number of aliphatic hydroxyl groups is 1. The SMILES string of the molecule is CC(=O)N1CCC(O)(c2cc3c(N[C@H](C)c4cccc(C(F)F)c4F)nc(C)c(C#CC(C)(C)N)c3n(C)c2=O)CC1. The Bertz CT molecular complexity index is 1660. The molecular formula is C31H36F3N5O3. The number of aromatic nitrogens is 2. The number of rotatable bonds is 5. The van der Waals surface area contributed by atoms with E-state index >= 15 is 4.39 Å². The molecule has 0 radical (unpaired) electrons. The van der Waals surface area contributed by atoms with Gasteiger partial charge in [-0.1, -0.05) is 30.0 Å². The number of piperidine rings is 1. The van der Waals surface area contributed by atoms with Crippen molar-refractivity contribution in [2.75, 3.05) is 18.4 Å². The number of hydrogen-bond acceptors (Lipinski definition) is 6. The van der Waals surface area contributed by atoms with Crippen molar-refractivity contribution in [2.45, 2.75) is 71.1 Å². The first kappa shape index (κ1) is 31.1. The lowest BCUT2D eigenvalue weighted by Gasteiger charge is -2.38. The lowest BCUT2D eigenvalue weighted by atomic mass is 9.84. The number of fused-ring (bicyclic) bond motifs is 1. The Morgan fingerprint density at radius 2 is 1.86 bits per heavy atom. The smallest absolute Gasteiger partial charge is 0.266 e. The Morgan fingerprint density at radius 1 is 1.24 bits per heavy atom. The average Bonchev–Trinajstić information content (AvgIpc) is 2.89. The second kappa shape index (κ2) is 11.4. The summed E-state index contributed by atoms with van der Waals surface area (Å²) in [5.74, 6) is 5.16. The lowest BCUT2D eigenvalue weighted by Crippen LogP contribution is -2.47. The van der Waals surface area contributed by atoms with Crippen LogP contribution >= 0.6 is 0 Å². The number of aryl methyl sites for hydroxylation is 2. The van der Waals surface area contributed by atoms with Crippen molar-refractivity contribution in [3.8, 4) is 11.8 Å². The highest BCUT2D eigenvalue weighted by Crippen LogP contribution is 2.36. The van der Waals surface area contributed by atoms with Crippen LogP contribution in [0.2, 0.25) is 0 Å². The molecular weight excluding hydrogens is 547 g/mol. The van der Waals surface area contributed by atoms with Gasteiger partial charge >= 0.3 is 0 Å². The van der Waals surface area contributed by atoms with Gasteiger partial charge in [0.05, 0.1) is 39.5 Å². The van der Waals surface area contributed by atoms with Crippen molar-refractivity contribution in [1.82, 2.24) is 14.5 Å². The number of amides is 1. The number of benzene rings is 1. The van der Waals surface area contributed by atoms with Gasteiger partial charge in [0, 0.05) is 43.6 Å². The number of nitrogens with one attached hydrogen (secondary N) is 1. The summed E-state index contributed by atoms with van der Waals surface area (Å²) in [7, 11) is 1.57. The summed E-state index contributed by atoms with van der Waals surface area (Å²) < 4.78 is 43.2. The van der Waals surface area contributed by atoms with Crippen molar-refractivity contribution in [3.05, 3.63) is 68.4 Å². The molecule has 224 valence electrons. The molecule has 1 aliphatic heterocycles. The Kier molecular flexibility index (Phi) is 8.45. The molecule has 0 aliphatic carbocycles. The predicted octanol–water partition coefficient (Wildman–Crippen LogP) is 4.41. The normalized spacial score (nSPS) is 15.9. The molecule has 8 nitrogen and oxygen atoms in total. The van der Waals surface area contributed by atoms with Crippen LogP contribution in [-0.4, -0.2) is 44.1 Å². The second-order valence-electron chi connectivity index (χ2n) is 11.5. The molecule has 3 aromatic rings. The molecule has 1 atom stereocenters. The lowest BCUT2D eigenvalue weighted by molar-refractivity contribution is -0.133. The first-order chi connectivity index (χ1) is 19.5. The number of likely N-dealkylation sites (tertiary alicyclic amines) is 1. The number of halogens is 3. The summed E-state index contributed by atoms with van der Waals surface area (Å²) in [5, 5.41) is 15.2. The van der Waals surface area contributed by atoms with Gasteiger partial charge in [0.25, 0.3) is 12.0 Å². The van der Waals surface area contributed by atoms with Gasteiger partial charge in [-0.2, -0.15) is 0 Å². The van der Waals surface area contributed by atoms with E-state index in [1.807, 2.05) is 0 Å². The highest BCUT2D eigenvalue weighted by molar-refractivity contribution is 5.95. The first-order valence-corrected chi connectivity index (χ1v) is 13.7. The van der Waals surface area contributed by atoms with Gasteiger partial charge in [0.15, 0.2) is 0 Å². The molecule has 1 saturated heterocycles. The van der Waals surface area contributed by atoms with E-state index in [-0.39, 0.29) is 48.8 Å². The molecule has 0 bridgehead atoms. The van der Waals surface area contributed by atoms with E-state index in [9.17, 15) is 23.5 Å². The fourth-order valence-electron chi connectivity index (χ4n) is 5.31. The number of hydrogen-bond donors (Lipinski definition) is 3. The fourth-order valence-corrected chi connectivity index (χ4v) is 5.31. The fraction of sp³-hybridized carbons (Fsp3) is 0.452. The van der Waals surface area contributed by atoms with E-state index in [1.165, 1.54) is 23.6 Å². The highest BCUT2D eigenvalue weighted by atomic mass is 19.3. The average molecular weight is 584 g/mol. The molecule has 4 rings (SSSR count). The standard InChI is InChI=1S/C31H36F3N5O3/c1-17(20-8-7-9-22(25(20)32)27(33)34)36-28-23-16-24(31(42)12-14-39(15-13-31)19(3)40)29(41)38(6)26(23)21(18(2)37-28)10-11-30(4,5)35/h7-9,16-17,27,42H,12-15,35H2,1-6H3,(H,36,37)/t17-/m1/s1. The minimum absolute atomic E-state index is 0.0226. The van der Waals surface area contributed by atoms with E-state index in [0.29, 0.717) is 22.2 Å². The molecule has 0 spiro atoms. The van der Waals surface area contributed by atoms with Gasteiger partial charge in [-0.3, -0.25) is 9.59 Å². The van der Waals surface area contributed by atoms with Crippen molar-refractivity contribution in [2.24, 2.45) is 12.8 Å². The first-order valence-electron chi connectivity index (χ1n) is 13.7. The molecule has 4 N–H and O–H groups in total. The molecule has 1 aromatic carbocycles. The van der Waals surface area contributed by atoms with Crippen LogP contribution in [0, 0.1) is 24.6 Å². The van der Waals surface area contributed by atoms with Crippen LogP contribution in [0.3, 0.4) is 0 Å². The number of carbonyl (C=O) groups is 1. The molecule has 11 heteroatoms. The van der Waals surface area contributed by atoms with Crippen LogP contribution in [0.15, 0.2) is 29.1 Å². The van der Waals surface area contributed by atoms with Gasteiger partial charge in [0.2, 0.25) is 5.91 Å². The number of nitrogens with two attached hydrogens (primary N) is 1. The molecule has 2 aromatic heterocycles. The van der Waals surface area contributed by atoms with Gasteiger partial charge in [-0.25, -0.2) is 18.2 Å². The molecule has 1 amide bonds. The molecule has 0 unspecified atom stereocenters. The molecule has 1 fully saturated rings. The third kappa shape index (κ3) is 6.01. The number of alkyl halides is 2. The quantitative estimate of drug-likeness (QED) is 0.384. The summed E-state index contributed by atoms with van der Waals surface area (Å²) in [5.41, 5.74) is 4.12. The number of nitrogens with zero attached hydrogens (tertiary/aromatic N) is 3.